The first kappa shape index (κ1) is 26.2. The van der Waals surface area contributed by atoms with E-state index in [-0.39, 0.29) is 31.1 Å². The number of amides is 2. The predicted molar refractivity (Wildman–Crippen MR) is 138 cm³/mol. The summed E-state index contributed by atoms with van der Waals surface area (Å²) in [5, 5.41) is 17.3. The van der Waals surface area contributed by atoms with Crippen molar-refractivity contribution in [2.24, 2.45) is 5.73 Å². The number of rotatable bonds is 8. The average Bonchev–Trinajstić information content (AvgIpc) is 3.47. The molecule has 12 nitrogen and oxygen atoms in total. The van der Waals surface area contributed by atoms with Gasteiger partial charge in [0.25, 0.3) is 5.91 Å². The van der Waals surface area contributed by atoms with E-state index in [1.54, 1.807) is 18.2 Å². The SMILES string of the molecule is NC(=O)c1ccc(NC(=O)C(Cc2ccccc2)N2CON(c3cc(Cl)ccc3-n3cnnn3)CO2)cc1F. The second-order valence-corrected chi connectivity index (χ2v) is 8.89. The van der Waals surface area contributed by atoms with E-state index in [4.69, 9.17) is 27.0 Å². The molecule has 0 saturated carbocycles. The van der Waals surface area contributed by atoms with Crippen LogP contribution in [0.15, 0.2) is 73.1 Å². The van der Waals surface area contributed by atoms with Crippen molar-refractivity contribution in [1.82, 2.24) is 25.3 Å². The number of hydrogen-bond donors (Lipinski definition) is 2. The van der Waals surface area contributed by atoms with Gasteiger partial charge >= 0.3 is 0 Å². The predicted octanol–water partition coefficient (Wildman–Crippen LogP) is 2.70. The summed E-state index contributed by atoms with van der Waals surface area (Å²) in [5.41, 5.74) is 7.07. The molecule has 0 bridgehead atoms. The third kappa shape index (κ3) is 6.02. The number of benzene rings is 3. The molecule has 0 aliphatic carbocycles. The average molecular weight is 553 g/mol. The number of anilines is 2. The van der Waals surface area contributed by atoms with Gasteiger partial charge < -0.3 is 11.1 Å². The van der Waals surface area contributed by atoms with Crippen LogP contribution in [0.2, 0.25) is 5.02 Å². The zero-order valence-electron chi connectivity index (χ0n) is 20.3. The minimum absolute atomic E-state index is 0.0873. The van der Waals surface area contributed by atoms with Gasteiger partial charge in [-0.3, -0.25) is 19.3 Å². The van der Waals surface area contributed by atoms with E-state index in [0.717, 1.165) is 11.6 Å². The highest BCUT2D eigenvalue weighted by atomic mass is 35.5. The van der Waals surface area contributed by atoms with Crippen molar-refractivity contribution in [2.45, 2.75) is 12.5 Å². The van der Waals surface area contributed by atoms with Gasteiger partial charge in [0.15, 0.2) is 13.5 Å². The van der Waals surface area contributed by atoms with Gasteiger partial charge in [0.05, 0.1) is 16.9 Å². The Bertz CT molecular complexity index is 1470. The summed E-state index contributed by atoms with van der Waals surface area (Å²) in [5.74, 6) is -2.22. The number of carbonyl (C=O) groups is 2. The molecule has 0 radical (unpaired) electrons. The highest BCUT2D eigenvalue weighted by Gasteiger charge is 2.33. The van der Waals surface area contributed by atoms with Crippen LogP contribution >= 0.6 is 11.6 Å². The number of halogens is 2. The molecule has 4 aromatic rings. The Labute approximate surface area is 226 Å². The number of nitrogens with one attached hydrogen (secondary N) is 1. The summed E-state index contributed by atoms with van der Waals surface area (Å²) in [6.45, 7) is -0.211. The number of hydrogen-bond acceptors (Lipinski definition) is 9. The zero-order valence-corrected chi connectivity index (χ0v) is 21.0. The number of aromatic nitrogens is 4. The van der Waals surface area contributed by atoms with E-state index in [2.05, 4.69) is 20.8 Å². The quantitative estimate of drug-likeness (QED) is 0.337. The molecule has 2 amide bonds. The molecule has 0 spiro atoms. The fourth-order valence-corrected chi connectivity index (χ4v) is 4.16. The second-order valence-electron chi connectivity index (χ2n) is 8.45. The highest BCUT2D eigenvalue weighted by Crippen LogP contribution is 2.30. The largest absolute Gasteiger partial charge is 0.366 e. The molecule has 1 aliphatic rings. The van der Waals surface area contributed by atoms with E-state index in [0.29, 0.717) is 16.4 Å². The van der Waals surface area contributed by atoms with Gasteiger partial charge in [-0.25, -0.2) is 9.45 Å². The van der Waals surface area contributed by atoms with Crippen LogP contribution < -0.4 is 16.1 Å². The fourth-order valence-electron chi connectivity index (χ4n) is 3.99. The third-order valence-electron chi connectivity index (χ3n) is 5.91. The topological polar surface area (TPSA) is 141 Å². The van der Waals surface area contributed by atoms with Crippen LogP contribution in [0.5, 0.6) is 0 Å². The van der Waals surface area contributed by atoms with Crippen LogP contribution in [0.1, 0.15) is 15.9 Å². The number of hydroxylamine groups is 3. The number of nitrogens with two attached hydrogens (primary N) is 1. The molecule has 1 aliphatic heterocycles. The smallest absolute Gasteiger partial charge is 0.251 e. The summed E-state index contributed by atoms with van der Waals surface area (Å²) in [4.78, 5) is 36.6. The Balaban J connectivity index is 1.34. The van der Waals surface area contributed by atoms with E-state index >= 15 is 0 Å². The van der Waals surface area contributed by atoms with Crippen molar-refractivity contribution in [3.8, 4) is 5.69 Å². The van der Waals surface area contributed by atoms with Crippen LogP contribution in [-0.4, -0.2) is 56.6 Å². The lowest BCUT2D eigenvalue weighted by molar-refractivity contribution is -0.279. The molecular formula is C25H22ClFN8O4. The fraction of sp³-hybridized carbons (Fsp3) is 0.160. The Morgan fingerprint density at radius 1 is 1.05 bits per heavy atom. The number of nitrogens with zero attached hydrogens (tertiary/aromatic N) is 6. The van der Waals surface area contributed by atoms with Crippen molar-refractivity contribution in [3.63, 3.8) is 0 Å². The molecule has 5 rings (SSSR count). The summed E-state index contributed by atoms with van der Waals surface area (Å²) < 4.78 is 15.7. The summed E-state index contributed by atoms with van der Waals surface area (Å²) >= 11 is 6.22. The molecule has 39 heavy (non-hydrogen) atoms. The van der Waals surface area contributed by atoms with Crippen molar-refractivity contribution in [3.05, 3.63) is 95.0 Å². The summed E-state index contributed by atoms with van der Waals surface area (Å²) in [6.07, 6.45) is 1.70. The molecule has 200 valence electrons. The monoisotopic (exact) mass is 552 g/mol. The van der Waals surface area contributed by atoms with Crippen LogP contribution in [-0.2, 0) is 20.9 Å². The van der Waals surface area contributed by atoms with Gasteiger partial charge in [-0.15, -0.1) is 10.2 Å². The standard InChI is InChI=1S/C25H22ClFN8O4/c26-17-6-9-21(33-13-29-31-32-33)22(11-17)34-14-39-35(15-38-34)23(10-16-4-2-1-3-5-16)25(37)30-18-7-8-19(24(28)36)20(27)12-18/h1-9,11-13,23H,10,14-15H2,(H2,28,36)(H,30,37). The van der Waals surface area contributed by atoms with Crippen molar-refractivity contribution < 1.29 is 23.7 Å². The molecular weight excluding hydrogens is 531 g/mol. The number of primary amides is 1. The molecule has 1 saturated heterocycles. The van der Waals surface area contributed by atoms with Gasteiger partial charge in [0, 0.05) is 10.7 Å². The third-order valence-corrected chi connectivity index (χ3v) is 6.14. The number of carbonyl (C=O) groups excluding carboxylic acids is 2. The first-order valence-electron chi connectivity index (χ1n) is 11.7. The van der Waals surface area contributed by atoms with Crippen LogP contribution in [0.3, 0.4) is 0 Å². The lowest BCUT2D eigenvalue weighted by atomic mass is 10.0. The maximum Gasteiger partial charge on any atom is 0.251 e. The molecule has 1 fully saturated rings. The lowest BCUT2D eigenvalue weighted by Gasteiger charge is -2.38. The molecule has 14 heteroatoms. The van der Waals surface area contributed by atoms with Crippen LogP contribution in [0.25, 0.3) is 5.69 Å². The lowest BCUT2D eigenvalue weighted by Crippen LogP contribution is -2.52. The normalized spacial score (nSPS) is 14.7. The Hall–Kier alpha value is -4.43. The highest BCUT2D eigenvalue weighted by molar-refractivity contribution is 6.31. The molecule has 2 heterocycles. The van der Waals surface area contributed by atoms with Crippen molar-refractivity contribution in [1.29, 1.82) is 0 Å². The Morgan fingerprint density at radius 3 is 2.54 bits per heavy atom. The number of tetrazole rings is 1. The van der Waals surface area contributed by atoms with Crippen LogP contribution in [0.4, 0.5) is 15.8 Å². The van der Waals surface area contributed by atoms with Crippen molar-refractivity contribution in [2.75, 3.05) is 23.8 Å². The maximum atomic E-state index is 14.3. The molecule has 3 N–H and O–H groups in total. The van der Waals surface area contributed by atoms with Gasteiger partial charge in [-0.1, -0.05) is 41.9 Å². The van der Waals surface area contributed by atoms with Gasteiger partial charge in [-0.05, 0) is 58.8 Å². The minimum atomic E-state index is -0.904. The zero-order chi connectivity index (χ0) is 27.4. The first-order chi connectivity index (χ1) is 18.9. The molecule has 1 aromatic heterocycles. The van der Waals surface area contributed by atoms with Gasteiger partial charge in [0.2, 0.25) is 5.91 Å². The first-order valence-corrected chi connectivity index (χ1v) is 12.0. The van der Waals surface area contributed by atoms with E-state index < -0.39 is 23.7 Å². The van der Waals surface area contributed by atoms with Gasteiger partial charge in [0.1, 0.15) is 18.2 Å². The molecule has 1 atom stereocenters. The Kier molecular flexibility index (Phi) is 7.74. The maximum absolute atomic E-state index is 14.3. The Morgan fingerprint density at radius 2 is 1.87 bits per heavy atom. The second kappa shape index (κ2) is 11.5. The summed E-state index contributed by atoms with van der Waals surface area (Å²) in [6, 6.07) is 17.2. The van der Waals surface area contributed by atoms with Crippen molar-refractivity contribution >= 4 is 34.8 Å². The molecule has 1 unspecified atom stereocenters. The minimum Gasteiger partial charge on any atom is -0.366 e. The van der Waals surface area contributed by atoms with E-state index in [1.165, 1.54) is 33.3 Å². The molecule has 3 aromatic carbocycles. The van der Waals surface area contributed by atoms with E-state index in [1.807, 2.05) is 30.3 Å². The van der Waals surface area contributed by atoms with E-state index in [9.17, 15) is 14.0 Å². The van der Waals surface area contributed by atoms with Crippen LogP contribution in [0, 0.1) is 5.82 Å². The van der Waals surface area contributed by atoms with Gasteiger partial charge in [-0.2, -0.15) is 4.68 Å². The summed E-state index contributed by atoms with van der Waals surface area (Å²) in [7, 11) is 0.